The number of benzene rings is 1. The van der Waals surface area contributed by atoms with Gasteiger partial charge < -0.3 is 0 Å². The Balaban J connectivity index is 3.41. The fourth-order valence-corrected chi connectivity index (χ4v) is 1.81. The molecule has 0 bridgehead atoms. The Bertz CT molecular complexity index is 453. The largest absolute Gasteiger partial charge is 0.115 e. The minimum atomic E-state index is 0.524. The van der Waals surface area contributed by atoms with Crippen LogP contribution < -0.4 is 0 Å². The molecule has 0 aliphatic rings. The van der Waals surface area contributed by atoms with Crippen molar-refractivity contribution in [1.82, 2.24) is 0 Å². The first kappa shape index (κ1) is 12.6. The van der Waals surface area contributed by atoms with Crippen LogP contribution in [-0.2, 0) is 0 Å². The van der Waals surface area contributed by atoms with Crippen LogP contribution in [0.4, 0.5) is 0 Å². The van der Waals surface area contributed by atoms with Gasteiger partial charge in [0.1, 0.15) is 0 Å². The molecule has 84 valence electrons. The van der Waals surface area contributed by atoms with Crippen LogP contribution in [0.5, 0.6) is 0 Å². The molecule has 1 rings (SSSR count). The molecule has 0 radical (unpaired) electrons. The van der Waals surface area contributed by atoms with E-state index in [1.165, 1.54) is 22.3 Å². The summed E-state index contributed by atoms with van der Waals surface area (Å²) in [5, 5.41) is 0. The first-order chi connectivity index (χ1) is 7.47. The minimum Gasteiger partial charge on any atom is -0.115 e. The zero-order chi connectivity index (χ0) is 12.3. The number of hydrogen-bond donors (Lipinski definition) is 0. The molecule has 0 aliphatic carbocycles. The molecule has 0 fully saturated rings. The lowest BCUT2D eigenvalue weighted by Gasteiger charge is -2.15. The molecule has 0 atom stereocenters. The van der Waals surface area contributed by atoms with Gasteiger partial charge in [-0.25, -0.2) is 0 Å². The topological polar surface area (TPSA) is 0 Å². The van der Waals surface area contributed by atoms with Crippen LogP contribution in [0.25, 0.3) is 5.57 Å². The van der Waals surface area contributed by atoms with E-state index < -0.39 is 0 Å². The van der Waals surface area contributed by atoms with Crippen LogP contribution in [-0.4, -0.2) is 0 Å². The van der Waals surface area contributed by atoms with Gasteiger partial charge in [-0.2, -0.15) is 0 Å². The van der Waals surface area contributed by atoms with Crippen molar-refractivity contribution in [1.29, 1.82) is 0 Å². The molecule has 0 spiro atoms. The zero-order valence-electron chi connectivity index (χ0n) is 10.9. The monoisotopic (exact) mass is 212 g/mol. The van der Waals surface area contributed by atoms with Crippen molar-refractivity contribution in [3.8, 4) is 12.3 Å². The molecule has 0 N–H and O–H groups in total. The van der Waals surface area contributed by atoms with E-state index in [9.17, 15) is 0 Å². The van der Waals surface area contributed by atoms with Gasteiger partial charge >= 0.3 is 0 Å². The number of aryl methyl sites for hydroxylation is 1. The average molecular weight is 212 g/mol. The van der Waals surface area contributed by atoms with Gasteiger partial charge in [0.15, 0.2) is 0 Å². The maximum Gasteiger partial charge on any atom is 0.00218 e. The van der Waals surface area contributed by atoms with Crippen molar-refractivity contribution < 1.29 is 0 Å². The van der Waals surface area contributed by atoms with Gasteiger partial charge in [-0.15, -0.1) is 6.42 Å². The van der Waals surface area contributed by atoms with Crippen LogP contribution in [0, 0.1) is 19.3 Å². The van der Waals surface area contributed by atoms with Crippen LogP contribution in [0.2, 0.25) is 0 Å². The summed E-state index contributed by atoms with van der Waals surface area (Å²) in [5.74, 6) is 3.25. The van der Waals surface area contributed by atoms with Gasteiger partial charge in [-0.1, -0.05) is 43.5 Å². The lowest BCUT2D eigenvalue weighted by molar-refractivity contribution is 0.860. The van der Waals surface area contributed by atoms with Gasteiger partial charge in [0.25, 0.3) is 0 Å². The van der Waals surface area contributed by atoms with Crippen molar-refractivity contribution in [2.24, 2.45) is 0 Å². The van der Waals surface area contributed by atoms with Gasteiger partial charge in [-0.3, -0.25) is 0 Å². The molecule has 0 heterocycles. The minimum absolute atomic E-state index is 0.524. The summed E-state index contributed by atoms with van der Waals surface area (Å²) in [4.78, 5) is 0. The van der Waals surface area contributed by atoms with E-state index in [4.69, 9.17) is 6.42 Å². The maximum absolute atomic E-state index is 5.46. The number of allylic oxidation sites excluding steroid dienone is 2. The third-order valence-corrected chi connectivity index (χ3v) is 3.01. The average Bonchev–Trinajstić information content (AvgIpc) is 2.26. The first-order valence-electron chi connectivity index (χ1n) is 5.72. The number of hydrogen-bond acceptors (Lipinski definition) is 0. The fraction of sp³-hybridized carbons (Fsp3) is 0.375. The smallest absolute Gasteiger partial charge is 0.00218 e. The molecule has 0 saturated carbocycles. The second-order valence-electron chi connectivity index (χ2n) is 4.64. The van der Waals surface area contributed by atoms with Crippen LogP contribution in [0.15, 0.2) is 23.8 Å². The Morgan fingerprint density at radius 3 is 2.38 bits per heavy atom. The summed E-state index contributed by atoms with van der Waals surface area (Å²) in [6, 6.07) is 6.59. The van der Waals surface area contributed by atoms with E-state index in [1.807, 2.05) is 6.92 Å². The molecule has 1 aromatic rings. The summed E-state index contributed by atoms with van der Waals surface area (Å²) < 4.78 is 0. The second kappa shape index (κ2) is 5.03. The molecule has 1 aromatic carbocycles. The van der Waals surface area contributed by atoms with Gasteiger partial charge in [0.2, 0.25) is 0 Å². The highest BCUT2D eigenvalue weighted by Gasteiger charge is 2.09. The highest BCUT2D eigenvalue weighted by molar-refractivity contribution is 5.72. The van der Waals surface area contributed by atoms with E-state index in [1.54, 1.807) is 0 Å². The van der Waals surface area contributed by atoms with E-state index in [2.05, 4.69) is 51.8 Å². The molecule has 0 amide bonds. The van der Waals surface area contributed by atoms with Gasteiger partial charge in [-0.05, 0) is 43.4 Å². The summed E-state index contributed by atoms with van der Waals surface area (Å²) in [6.45, 7) is 10.7. The maximum atomic E-state index is 5.46. The Labute approximate surface area is 99.4 Å². The Kier molecular flexibility index (Phi) is 3.96. The second-order valence-corrected chi connectivity index (χ2v) is 4.64. The molecule has 0 aliphatic heterocycles. The quantitative estimate of drug-likeness (QED) is 0.631. The van der Waals surface area contributed by atoms with Crippen LogP contribution in [0.3, 0.4) is 0 Å². The van der Waals surface area contributed by atoms with E-state index in [0.717, 1.165) is 5.57 Å². The highest BCUT2D eigenvalue weighted by Crippen LogP contribution is 2.28. The normalized spacial score (nSPS) is 12.3. The lowest BCUT2D eigenvalue weighted by atomic mass is 9.90. The molecule has 0 aromatic heterocycles. The molecular weight excluding hydrogens is 192 g/mol. The van der Waals surface area contributed by atoms with Crippen molar-refractivity contribution in [2.75, 3.05) is 0 Å². The van der Waals surface area contributed by atoms with E-state index in [-0.39, 0.29) is 0 Å². The SMILES string of the molecule is C#C/C(C)=C(\C)c1ccc(C)cc1C(C)C. The zero-order valence-corrected chi connectivity index (χ0v) is 10.9. The van der Waals surface area contributed by atoms with Crippen molar-refractivity contribution in [3.63, 3.8) is 0 Å². The Hall–Kier alpha value is -1.48. The predicted molar refractivity (Wildman–Crippen MR) is 72.4 cm³/mol. The highest BCUT2D eigenvalue weighted by atomic mass is 14.1. The summed E-state index contributed by atoms with van der Waals surface area (Å²) >= 11 is 0. The van der Waals surface area contributed by atoms with E-state index >= 15 is 0 Å². The van der Waals surface area contributed by atoms with Crippen LogP contribution >= 0.6 is 0 Å². The molecule has 0 saturated heterocycles. The number of terminal acetylenes is 1. The third-order valence-electron chi connectivity index (χ3n) is 3.01. The van der Waals surface area contributed by atoms with Crippen molar-refractivity contribution in [3.05, 3.63) is 40.5 Å². The molecule has 16 heavy (non-hydrogen) atoms. The van der Waals surface area contributed by atoms with Crippen molar-refractivity contribution in [2.45, 2.75) is 40.5 Å². The van der Waals surface area contributed by atoms with Gasteiger partial charge in [0.05, 0.1) is 0 Å². The van der Waals surface area contributed by atoms with Gasteiger partial charge in [0, 0.05) is 5.57 Å². The molecule has 0 nitrogen and oxygen atoms in total. The van der Waals surface area contributed by atoms with E-state index in [0.29, 0.717) is 5.92 Å². The first-order valence-corrected chi connectivity index (χ1v) is 5.72. The van der Waals surface area contributed by atoms with Crippen LogP contribution in [0.1, 0.15) is 50.3 Å². The fourth-order valence-electron chi connectivity index (χ4n) is 1.81. The third kappa shape index (κ3) is 2.55. The van der Waals surface area contributed by atoms with Crippen molar-refractivity contribution >= 4 is 5.57 Å². The summed E-state index contributed by atoms with van der Waals surface area (Å²) in [7, 11) is 0. The lowest BCUT2D eigenvalue weighted by Crippen LogP contribution is -1.96. The summed E-state index contributed by atoms with van der Waals surface area (Å²) in [6.07, 6.45) is 5.46. The Morgan fingerprint density at radius 1 is 1.25 bits per heavy atom. The predicted octanol–water partition coefficient (Wildman–Crippen LogP) is 4.55. The Morgan fingerprint density at radius 2 is 1.88 bits per heavy atom. The summed E-state index contributed by atoms with van der Waals surface area (Å²) in [5.41, 5.74) is 6.21. The molecule has 0 unspecified atom stereocenters. The standard InChI is InChI=1S/C16H20/c1-7-13(5)14(6)15-9-8-12(4)10-16(15)11(2)3/h1,8-11H,2-6H3/b14-13+. The molecule has 0 heteroatoms. The number of rotatable bonds is 2. The molecular formula is C16H20.